The number of amides is 3. The second kappa shape index (κ2) is 8.44. The number of hydrogen-bond acceptors (Lipinski definition) is 6. The van der Waals surface area contributed by atoms with E-state index in [2.05, 4.69) is 5.32 Å². The SMILES string of the molecule is O=C(Nc1ccccc1C(=O)O)c1ccc(N2C(=O)c3cccc4c([N+](=O)[O-])ccc(c34)C2=O)cc1. The Kier molecular flexibility index (Phi) is 5.25. The van der Waals surface area contributed by atoms with Crippen LogP contribution in [-0.4, -0.2) is 33.7 Å². The van der Waals surface area contributed by atoms with Gasteiger partial charge in [0.05, 0.1) is 27.2 Å². The number of aromatic carboxylic acids is 1. The summed E-state index contributed by atoms with van der Waals surface area (Å²) < 4.78 is 0. The van der Waals surface area contributed by atoms with Crippen LogP contribution in [0.4, 0.5) is 17.1 Å². The Labute approximate surface area is 202 Å². The van der Waals surface area contributed by atoms with Crippen molar-refractivity contribution in [2.75, 3.05) is 10.2 Å². The Bertz CT molecular complexity index is 1600. The predicted octanol–water partition coefficient (Wildman–Crippen LogP) is 4.50. The van der Waals surface area contributed by atoms with E-state index in [9.17, 15) is 34.4 Å². The van der Waals surface area contributed by atoms with Crippen molar-refractivity contribution in [1.82, 2.24) is 0 Å². The summed E-state index contributed by atoms with van der Waals surface area (Å²) in [6.07, 6.45) is 0. The fourth-order valence-corrected chi connectivity index (χ4v) is 4.21. The third-order valence-corrected chi connectivity index (χ3v) is 5.87. The zero-order valence-corrected chi connectivity index (χ0v) is 18.3. The van der Waals surface area contributed by atoms with Gasteiger partial charge < -0.3 is 10.4 Å². The molecule has 10 nitrogen and oxygen atoms in total. The Balaban J connectivity index is 1.47. The van der Waals surface area contributed by atoms with Gasteiger partial charge in [-0.25, -0.2) is 9.69 Å². The van der Waals surface area contributed by atoms with Crippen LogP contribution in [0, 0.1) is 10.1 Å². The fourth-order valence-electron chi connectivity index (χ4n) is 4.21. The quantitative estimate of drug-likeness (QED) is 0.242. The van der Waals surface area contributed by atoms with Crippen LogP contribution in [0.25, 0.3) is 10.8 Å². The highest BCUT2D eigenvalue weighted by Gasteiger charge is 2.35. The largest absolute Gasteiger partial charge is 0.478 e. The van der Waals surface area contributed by atoms with E-state index < -0.39 is 28.6 Å². The van der Waals surface area contributed by atoms with E-state index in [0.717, 1.165) is 4.90 Å². The van der Waals surface area contributed by atoms with Gasteiger partial charge in [0.1, 0.15) is 0 Å². The van der Waals surface area contributed by atoms with E-state index >= 15 is 0 Å². The monoisotopic (exact) mass is 481 g/mol. The summed E-state index contributed by atoms with van der Waals surface area (Å²) in [7, 11) is 0. The molecule has 0 spiro atoms. The van der Waals surface area contributed by atoms with Gasteiger partial charge in [0.25, 0.3) is 23.4 Å². The van der Waals surface area contributed by atoms with Gasteiger partial charge in [0.15, 0.2) is 0 Å². The number of benzene rings is 4. The van der Waals surface area contributed by atoms with Gasteiger partial charge in [0.2, 0.25) is 0 Å². The molecule has 0 radical (unpaired) electrons. The summed E-state index contributed by atoms with van der Waals surface area (Å²) in [6.45, 7) is 0. The molecule has 1 heterocycles. The van der Waals surface area contributed by atoms with Crippen LogP contribution in [-0.2, 0) is 0 Å². The second-order valence-corrected chi connectivity index (χ2v) is 7.91. The van der Waals surface area contributed by atoms with E-state index in [0.29, 0.717) is 0 Å². The van der Waals surface area contributed by atoms with E-state index in [-0.39, 0.29) is 50.1 Å². The third-order valence-electron chi connectivity index (χ3n) is 5.87. The molecule has 0 aliphatic carbocycles. The average molecular weight is 481 g/mol. The lowest BCUT2D eigenvalue weighted by Gasteiger charge is -2.27. The molecule has 0 aromatic heterocycles. The average Bonchev–Trinajstić information content (AvgIpc) is 2.87. The van der Waals surface area contributed by atoms with Crippen LogP contribution >= 0.6 is 0 Å². The van der Waals surface area contributed by atoms with Gasteiger partial charge >= 0.3 is 5.97 Å². The van der Waals surface area contributed by atoms with Gasteiger partial charge in [0, 0.05) is 28.1 Å². The molecular weight excluding hydrogens is 466 g/mol. The second-order valence-electron chi connectivity index (χ2n) is 7.91. The van der Waals surface area contributed by atoms with E-state index in [1.54, 1.807) is 6.07 Å². The highest BCUT2D eigenvalue weighted by atomic mass is 16.6. The lowest BCUT2D eigenvalue weighted by Crippen LogP contribution is -2.40. The topological polar surface area (TPSA) is 147 Å². The highest BCUT2D eigenvalue weighted by Crippen LogP contribution is 2.37. The molecule has 0 saturated carbocycles. The van der Waals surface area contributed by atoms with Gasteiger partial charge in [-0.2, -0.15) is 0 Å². The first-order valence-corrected chi connectivity index (χ1v) is 10.6. The number of nitrogens with one attached hydrogen (secondary N) is 1. The molecule has 2 N–H and O–H groups in total. The molecule has 0 saturated heterocycles. The molecule has 36 heavy (non-hydrogen) atoms. The summed E-state index contributed by atoms with van der Waals surface area (Å²) in [5, 5.41) is 23.7. The number of rotatable bonds is 5. The van der Waals surface area contributed by atoms with Crippen LogP contribution in [0.2, 0.25) is 0 Å². The Morgan fingerprint density at radius 1 is 0.833 bits per heavy atom. The van der Waals surface area contributed by atoms with Crippen molar-refractivity contribution in [3.63, 3.8) is 0 Å². The smallest absolute Gasteiger partial charge is 0.337 e. The van der Waals surface area contributed by atoms with Gasteiger partial charge in [-0.05, 0) is 54.6 Å². The lowest BCUT2D eigenvalue weighted by atomic mass is 9.92. The highest BCUT2D eigenvalue weighted by molar-refractivity contribution is 6.36. The number of imide groups is 1. The molecule has 0 unspecified atom stereocenters. The first kappa shape index (κ1) is 22.4. The predicted molar refractivity (Wildman–Crippen MR) is 130 cm³/mol. The van der Waals surface area contributed by atoms with Crippen LogP contribution in [0.1, 0.15) is 41.4 Å². The van der Waals surface area contributed by atoms with Crippen molar-refractivity contribution in [2.24, 2.45) is 0 Å². The van der Waals surface area contributed by atoms with Crippen molar-refractivity contribution in [3.05, 3.63) is 111 Å². The fraction of sp³-hybridized carbons (Fsp3) is 0. The van der Waals surface area contributed by atoms with Crippen LogP contribution in [0.5, 0.6) is 0 Å². The molecule has 0 fully saturated rings. The number of nitro benzene ring substituents is 1. The molecule has 4 aromatic carbocycles. The Morgan fingerprint density at radius 2 is 1.50 bits per heavy atom. The number of carbonyl (C=O) groups excluding carboxylic acids is 3. The molecule has 10 heteroatoms. The van der Waals surface area contributed by atoms with E-state index in [1.807, 2.05) is 0 Å². The minimum absolute atomic E-state index is 0.0694. The summed E-state index contributed by atoms with van der Waals surface area (Å²) in [4.78, 5) is 62.4. The van der Waals surface area contributed by atoms with Crippen molar-refractivity contribution >= 4 is 51.5 Å². The van der Waals surface area contributed by atoms with Crippen LogP contribution in [0.15, 0.2) is 78.9 Å². The summed E-state index contributed by atoms with van der Waals surface area (Å²) in [5.74, 6) is -3.06. The minimum atomic E-state index is -1.19. The number of carboxylic acid groups (broad SMARTS) is 1. The van der Waals surface area contributed by atoms with Crippen molar-refractivity contribution in [3.8, 4) is 0 Å². The van der Waals surface area contributed by atoms with Crippen molar-refractivity contribution in [2.45, 2.75) is 0 Å². The molecule has 3 amide bonds. The normalized spacial score (nSPS) is 12.5. The number of anilines is 2. The minimum Gasteiger partial charge on any atom is -0.478 e. The zero-order chi connectivity index (χ0) is 25.6. The lowest BCUT2D eigenvalue weighted by molar-refractivity contribution is -0.383. The maximum Gasteiger partial charge on any atom is 0.337 e. The maximum atomic E-state index is 13.3. The van der Waals surface area contributed by atoms with Crippen LogP contribution in [0.3, 0.4) is 0 Å². The van der Waals surface area contributed by atoms with E-state index in [4.69, 9.17) is 0 Å². The summed E-state index contributed by atoms with van der Waals surface area (Å²) in [5.41, 5.74) is 0.530. The zero-order valence-electron chi connectivity index (χ0n) is 18.3. The Morgan fingerprint density at radius 3 is 2.17 bits per heavy atom. The first-order chi connectivity index (χ1) is 17.3. The molecule has 4 aromatic rings. The number of carboxylic acids is 1. The molecule has 5 rings (SSSR count). The van der Waals surface area contributed by atoms with Crippen molar-refractivity contribution < 1.29 is 29.2 Å². The molecule has 0 atom stereocenters. The number of carbonyl (C=O) groups is 4. The number of nitrogens with zero attached hydrogens (tertiary/aromatic N) is 2. The van der Waals surface area contributed by atoms with Gasteiger partial charge in [-0.1, -0.05) is 18.2 Å². The summed E-state index contributed by atoms with van der Waals surface area (Å²) >= 11 is 0. The number of nitro groups is 1. The van der Waals surface area contributed by atoms with E-state index in [1.165, 1.54) is 72.8 Å². The van der Waals surface area contributed by atoms with Gasteiger partial charge in [-0.15, -0.1) is 0 Å². The first-order valence-electron chi connectivity index (χ1n) is 10.6. The number of hydrogen-bond donors (Lipinski definition) is 2. The molecule has 0 bridgehead atoms. The number of para-hydroxylation sites is 1. The maximum absolute atomic E-state index is 13.3. The number of non-ortho nitro benzene ring substituents is 1. The third kappa shape index (κ3) is 3.53. The standard InChI is InChI=1S/C26H15N3O7/c30-23(27-20-7-2-1-4-16(20)26(33)34)14-8-10-15(11-9-14)28-24(31)18-6-3-5-17-21(29(35)36)13-12-19(22(17)18)25(28)32/h1-13H,(H,27,30)(H,33,34). The van der Waals surface area contributed by atoms with Crippen LogP contribution < -0.4 is 10.2 Å². The molecule has 1 aliphatic rings. The van der Waals surface area contributed by atoms with Crippen molar-refractivity contribution in [1.29, 1.82) is 0 Å². The Hall–Kier alpha value is -5.38. The summed E-state index contributed by atoms with van der Waals surface area (Å²) in [6, 6.07) is 18.7. The molecule has 1 aliphatic heterocycles. The van der Waals surface area contributed by atoms with Gasteiger partial charge in [-0.3, -0.25) is 24.5 Å². The molecule has 176 valence electrons. The molecular formula is C26H15N3O7.